The van der Waals surface area contributed by atoms with E-state index >= 15 is 0 Å². The molecule has 0 spiro atoms. The summed E-state index contributed by atoms with van der Waals surface area (Å²) in [5.41, 5.74) is 0.366. The number of carbonyl (C=O) groups is 1. The van der Waals surface area contributed by atoms with Crippen molar-refractivity contribution in [3.8, 4) is 0 Å². The number of allylic oxidation sites excluding steroid dienone is 1. The topological polar surface area (TPSA) is 38.7 Å². The minimum Gasteiger partial charge on any atom is -0.433 e. The van der Waals surface area contributed by atoms with Crippen LogP contribution in [-0.4, -0.2) is 12.7 Å². The normalized spacial score (nSPS) is 10.7. The zero-order chi connectivity index (χ0) is 7.28. The van der Waals surface area contributed by atoms with E-state index in [4.69, 9.17) is 6.72 Å². The van der Waals surface area contributed by atoms with Crippen molar-refractivity contribution in [2.24, 2.45) is 4.99 Å². The molecule has 0 aliphatic carbocycles. The van der Waals surface area contributed by atoms with E-state index < -0.39 is 5.97 Å². The highest BCUT2D eigenvalue weighted by atomic mass is 16.5. The predicted octanol–water partition coefficient (Wildman–Crippen LogP) is 0.865. The molecule has 0 aliphatic rings. The fraction of sp³-hybridized carbons (Fsp3) is 0.333. The molecule has 0 aromatic carbocycles. The van der Waals surface area contributed by atoms with Crippen LogP contribution in [0.15, 0.2) is 17.0 Å². The average Bonchev–Trinajstić information content (AvgIpc) is 1.83. The summed E-state index contributed by atoms with van der Waals surface area (Å²) in [7, 11) is 0. The van der Waals surface area contributed by atoms with Gasteiger partial charge >= 0.3 is 5.97 Å². The Morgan fingerprint density at radius 3 is 2.56 bits per heavy atom. The lowest BCUT2D eigenvalue weighted by atomic mass is 10.6. The molecular formula is C6H7NO2. The molecule has 9 heavy (non-hydrogen) atoms. The first-order chi connectivity index (χ1) is 4.16. The van der Waals surface area contributed by atoms with Gasteiger partial charge in [0.05, 0.1) is 5.70 Å². The van der Waals surface area contributed by atoms with E-state index in [0.717, 1.165) is 6.26 Å². The summed E-state index contributed by atoms with van der Waals surface area (Å²) in [5, 5.41) is 0. The van der Waals surface area contributed by atoms with Crippen molar-refractivity contribution >= 4 is 12.7 Å². The standard InChI is InChI=1S/C6H7NO2/c1-5(7-3)4-9-6(2)8/h4H,1-2H3/b5-4-. The SMILES string of the molecule is [C]=N/C(C)=C\OC(C)=O. The molecule has 0 aromatic heterocycles. The van der Waals surface area contributed by atoms with E-state index in [1.54, 1.807) is 6.92 Å². The number of hydrogen-bond donors (Lipinski definition) is 0. The maximum Gasteiger partial charge on any atom is 0.307 e. The fourth-order valence-corrected chi connectivity index (χ4v) is 0.195. The van der Waals surface area contributed by atoms with E-state index in [9.17, 15) is 4.79 Å². The lowest BCUT2D eigenvalue weighted by Crippen LogP contribution is -1.90. The second-order valence-corrected chi connectivity index (χ2v) is 1.48. The number of nitrogens with zero attached hydrogens (tertiary/aromatic N) is 1. The van der Waals surface area contributed by atoms with Crippen molar-refractivity contribution in [3.05, 3.63) is 12.0 Å². The van der Waals surface area contributed by atoms with Crippen LogP contribution in [0.5, 0.6) is 0 Å². The molecule has 0 amide bonds. The first-order valence-corrected chi connectivity index (χ1v) is 2.38. The molecule has 3 nitrogen and oxygen atoms in total. The number of ether oxygens (including phenoxy) is 1. The van der Waals surface area contributed by atoms with Gasteiger partial charge in [-0.15, -0.1) is 0 Å². The summed E-state index contributed by atoms with van der Waals surface area (Å²) < 4.78 is 4.38. The summed E-state index contributed by atoms with van der Waals surface area (Å²) in [6, 6.07) is 0. The van der Waals surface area contributed by atoms with Crippen molar-refractivity contribution in [3.63, 3.8) is 0 Å². The molecular weight excluding hydrogens is 118 g/mol. The third kappa shape index (κ3) is 4.74. The van der Waals surface area contributed by atoms with Crippen LogP contribution < -0.4 is 0 Å². The highest BCUT2D eigenvalue weighted by molar-refractivity contribution is 5.66. The van der Waals surface area contributed by atoms with Crippen molar-refractivity contribution in [1.29, 1.82) is 0 Å². The van der Waals surface area contributed by atoms with Crippen LogP contribution in [0.1, 0.15) is 13.8 Å². The zero-order valence-corrected chi connectivity index (χ0v) is 5.34. The van der Waals surface area contributed by atoms with Crippen LogP contribution >= 0.6 is 0 Å². The van der Waals surface area contributed by atoms with Gasteiger partial charge < -0.3 is 4.74 Å². The number of rotatable bonds is 2. The molecule has 3 heteroatoms. The molecule has 0 saturated heterocycles. The Labute approximate surface area is 54.0 Å². The molecule has 0 rings (SSSR count). The number of esters is 1. The second kappa shape index (κ2) is 3.83. The van der Waals surface area contributed by atoms with Crippen LogP contribution in [0.4, 0.5) is 0 Å². The largest absolute Gasteiger partial charge is 0.433 e. The van der Waals surface area contributed by atoms with Crippen LogP contribution in [-0.2, 0) is 9.53 Å². The monoisotopic (exact) mass is 125 g/mol. The molecule has 0 N–H and O–H groups in total. The van der Waals surface area contributed by atoms with Crippen LogP contribution in [0.3, 0.4) is 0 Å². The highest BCUT2D eigenvalue weighted by Gasteiger charge is 1.86. The van der Waals surface area contributed by atoms with Crippen molar-refractivity contribution in [1.82, 2.24) is 0 Å². The second-order valence-electron chi connectivity index (χ2n) is 1.48. The molecule has 0 atom stereocenters. The molecule has 0 aromatic rings. The van der Waals surface area contributed by atoms with E-state index in [0.29, 0.717) is 5.70 Å². The van der Waals surface area contributed by atoms with Crippen molar-refractivity contribution in [2.45, 2.75) is 13.8 Å². The summed E-state index contributed by atoms with van der Waals surface area (Å²) in [5.74, 6) is -0.405. The van der Waals surface area contributed by atoms with Gasteiger partial charge in [0.2, 0.25) is 0 Å². The summed E-state index contributed by atoms with van der Waals surface area (Å²) in [6.45, 7) is 9.27. The molecule has 0 fully saturated rings. The Balaban J connectivity index is 3.69. The van der Waals surface area contributed by atoms with Gasteiger partial charge in [-0.25, -0.2) is 4.99 Å². The molecule has 0 aliphatic heterocycles. The van der Waals surface area contributed by atoms with Gasteiger partial charge in [0.1, 0.15) is 13.0 Å². The maximum absolute atomic E-state index is 10.1. The van der Waals surface area contributed by atoms with Gasteiger partial charge in [-0.1, -0.05) is 0 Å². The number of hydrogen-bond acceptors (Lipinski definition) is 3. The first kappa shape index (κ1) is 7.88. The molecule has 48 valence electrons. The lowest BCUT2D eigenvalue weighted by molar-refractivity contribution is -0.135. The number of aliphatic imine (C=N–C) groups is 1. The van der Waals surface area contributed by atoms with Crippen molar-refractivity contribution < 1.29 is 9.53 Å². The smallest absolute Gasteiger partial charge is 0.307 e. The minimum absolute atomic E-state index is 0.366. The molecule has 0 unspecified atom stereocenters. The van der Waals surface area contributed by atoms with E-state index in [-0.39, 0.29) is 0 Å². The zero-order valence-electron chi connectivity index (χ0n) is 5.34. The Hall–Kier alpha value is -1.12. The Morgan fingerprint density at radius 1 is 1.67 bits per heavy atom. The van der Waals surface area contributed by atoms with Crippen molar-refractivity contribution in [2.75, 3.05) is 0 Å². The molecule has 2 radical (unpaired) electrons. The van der Waals surface area contributed by atoms with Crippen LogP contribution in [0, 0.1) is 0 Å². The molecule has 0 bridgehead atoms. The summed E-state index contributed by atoms with van der Waals surface area (Å²) in [6.07, 6.45) is 1.13. The maximum atomic E-state index is 10.1. The summed E-state index contributed by atoms with van der Waals surface area (Å²) >= 11 is 0. The third-order valence-corrected chi connectivity index (χ3v) is 0.572. The quantitative estimate of drug-likeness (QED) is 0.312. The predicted molar refractivity (Wildman–Crippen MR) is 33.0 cm³/mol. The first-order valence-electron chi connectivity index (χ1n) is 2.38. The van der Waals surface area contributed by atoms with Crippen LogP contribution in [0.25, 0.3) is 0 Å². The average molecular weight is 125 g/mol. The van der Waals surface area contributed by atoms with E-state index in [2.05, 4.69) is 9.73 Å². The molecule has 0 heterocycles. The van der Waals surface area contributed by atoms with Gasteiger partial charge in [0, 0.05) is 6.92 Å². The fourth-order valence-electron chi connectivity index (χ4n) is 0.195. The van der Waals surface area contributed by atoms with Gasteiger partial charge in [0.15, 0.2) is 0 Å². The minimum atomic E-state index is -0.405. The van der Waals surface area contributed by atoms with Crippen LogP contribution in [0.2, 0.25) is 0 Å². The number of carbonyl (C=O) groups excluding carboxylic acids is 1. The molecule has 0 saturated carbocycles. The Kier molecular flexibility index (Phi) is 3.35. The summed E-state index contributed by atoms with van der Waals surface area (Å²) in [4.78, 5) is 13.1. The third-order valence-electron chi connectivity index (χ3n) is 0.572. The Morgan fingerprint density at radius 2 is 2.22 bits per heavy atom. The van der Waals surface area contributed by atoms with E-state index in [1.165, 1.54) is 6.92 Å². The highest BCUT2D eigenvalue weighted by Crippen LogP contribution is 1.91. The van der Waals surface area contributed by atoms with Gasteiger partial charge in [-0.2, -0.15) is 0 Å². The Bertz CT molecular complexity index is 149. The van der Waals surface area contributed by atoms with E-state index in [1.807, 2.05) is 0 Å². The van der Waals surface area contributed by atoms with Gasteiger partial charge in [-0.05, 0) is 6.92 Å². The van der Waals surface area contributed by atoms with Gasteiger partial charge in [0.25, 0.3) is 0 Å². The lowest BCUT2D eigenvalue weighted by Gasteiger charge is -1.90. The van der Waals surface area contributed by atoms with Gasteiger partial charge in [-0.3, -0.25) is 4.79 Å².